The number of carbonyl (C=O) groups excluding carboxylic acids is 1. The van der Waals surface area contributed by atoms with E-state index in [0.29, 0.717) is 23.2 Å². The number of hydrogen-bond donors (Lipinski definition) is 2. The van der Waals surface area contributed by atoms with Crippen molar-refractivity contribution in [1.29, 1.82) is 0 Å². The molecule has 2 aromatic heterocycles. The minimum atomic E-state index is -0.234. The summed E-state index contributed by atoms with van der Waals surface area (Å²) in [6, 6.07) is 8.99. The van der Waals surface area contributed by atoms with E-state index < -0.39 is 0 Å². The normalized spacial score (nSPS) is 11.8. The molecular formula is C17H18N4O3S. The predicted octanol–water partition coefficient (Wildman–Crippen LogP) is 3.94. The summed E-state index contributed by atoms with van der Waals surface area (Å²) in [4.78, 5) is 12.2. The number of thiophene rings is 1. The number of anilines is 2. The van der Waals surface area contributed by atoms with Crippen molar-refractivity contribution in [3.05, 3.63) is 41.6 Å². The third-order valence-corrected chi connectivity index (χ3v) is 4.29. The predicted molar refractivity (Wildman–Crippen MR) is 96.9 cm³/mol. The Balaban J connectivity index is 1.80. The number of benzene rings is 1. The zero-order valence-electron chi connectivity index (χ0n) is 14.1. The standard InChI is InChI=1S/C17H18N4O3S/c1-10(16-20-21-17(24-16)15-5-4-8-25-15)18-13-9-12(19-11(2)22)6-7-14(13)23-3/h4-10,18H,1-3H3,(H,19,22). The van der Waals surface area contributed by atoms with E-state index in [9.17, 15) is 4.79 Å². The summed E-state index contributed by atoms with van der Waals surface area (Å²) in [6.07, 6.45) is 0. The zero-order valence-corrected chi connectivity index (χ0v) is 14.9. The van der Waals surface area contributed by atoms with E-state index >= 15 is 0 Å². The molecule has 8 heteroatoms. The Hall–Kier alpha value is -2.87. The molecule has 2 N–H and O–H groups in total. The topological polar surface area (TPSA) is 89.3 Å². The summed E-state index contributed by atoms with van der Waals surface area (Å²) < 4.78 is 11.1. The van der Waals surface area contributed by atoms with Gasteiger partial charge in [0.2, 0.25) is 11.8 Å². The SMILES string of the molecule is COc1ccc(NC(C)=O)cc1NC(C)c1nnc(-c2cccs2)o1. The van der Waals surface area contributed by atoms with E-state index in [1.807, 2.05) is 24.4 Å². The monoisotopic (exact) mass is 358 g/mol. The smallest absolute Gasteiger partial charge is 0.257 e. The van der Waals surface area contributed by atoms with Crippen LogP contribution in [0.4, 0.5) is 11.4 Å². The van der Waals surface area contributed by atoms with Gasteiger partial charge in [-0.2, -0.15) is 0 Å². The summed E-state index contributed by atoms with van der Waals surface area (Å²) in [5.74, 6) is 1.48. The number of hydrogen-bond acceptors (Lipinski definition) is 7. The molecule has 25 heavy (non-hydrogen) atoms. The Morgan fingerprint density at radius 1 is 1.32 bits per heavy atom. The highest BCUT2D eigenvalue weighted by atomic mass is 32.1. The number of carbonyl (C=O) groups is 1. The second-order valence-electron chi connectivity index (χ2n) is 5.39. The zero-order chi connectivity index (χ0) is 17.8. The van der Waals surface area contributed by atoms with Crippen LogP contribution in [-0.4, -0.2) is 23.2 Å². The summed E-state index contributed by atoms with van der Waals surface area (Å²) in [7, 11) is 1.59. The Kier molecular flexibility index (Phi) is 4.99. The molecule has 0 radical (unpaired) electrons. The fourth-order valence-corrected chi connectivity index (χ4v) is 2.95. The third kappa shape index (κ3) is 3.97. The van der Waals surface area contributed by atoms with E-state index in [-0.39, 0.29) is 11.9 Å². The Bertz CT molecular complexity index is 861. The molecule has 0 fully saturated rings. The van der Waals surface area contributed by atoms with Crippen LogP contribution in [0.15, 0.2) is 40.1 Å². The summed E-state index contributed by atoms with van der Waals surface area (Å²) in [5, 5.41) is 16.2. The molecule has 0 spiro atoms. The fourth-order valence-electron chi connectivity index (χ4n) is 2.31. The lowest BCUT2D eigenvalue weighted by molar-refractivity contribution is -0.114. The van der Waals surface area contributed by atoms with Crippen LogP contribution in [0.2, 0.25) is 0 Å². The van der Waals surface area contributed by atoms with Gasteiger partial charge in [0.05, 0.1) is 17.7 Å². The second-order valence-corrected chi connectivity index (χ2v) is 6.33. The summed E-state index contributed by atoms with van der Waals surface area (Å²) in [5.41, 5.74) is 1.39. The van der Waals surface area contributed by atoms with Crippen molar-refractivity contribution < 1.29 is 13.9 Å². The third-order valence-electron chi connectivity index (χ3n) is 3.43. The molecule has 0 aliphatic rings. The van der Waals surface area contributed by atoms with Gasteiger partial charge < -0.3 is 19.8 Å². The van der Waals surface area contributed by atoms with Crippen molar-refractivity contribution in [2.75, 3.05) is 17.7 Å². The fraction of sp³-hybridized carbons (Fsp3) is 0.235. The number of aromatic nitrogens is 2. The maximum atomic E-state index is 11.2. The molecule has 130 valence electrons. The molecule has 3 rings (SSSR count). The molecule has 0 aliphatic heterocycles. The van der Waals surface area contributed by atoms with Gasteiger partial charge in [-0.05, 0) is 36.6 Å². The Morgan fingerprint density at radius 2 is 2.16 bits per heavy atom. The molecule has 0 aliphatic carbocycles. The van der Waals surface area contributed by atoms with Gasteiger partial charge in [0.15, 0.2) is 0 Å². The van der Waals surface area contributed by atoms with Crippen LogP contribution in [0.5, 0.6) is 5.75 Å². The number of nitrogens with one attached hydrogen (secondary N) is 2. The van der Waals surface area contributed by atoms with Crippen molar-refractivity contribution in [1.82, 2.24) is 10.2 Å². The molecule has 1 atom stereocenters. The molecule has 1 amide bonds. The lowest BCUT2D eigenvalue weighted by Crippen LogP contribution is -2.10. The van der Waals surface area contributed by atoms with Gasteiger partial charge in [-0.1, -0.05) is 6.07 Å². The maximum Gasteiger partial charge on any atom is 0.257 e. The van der Waals surface area contributed by atoms with Crippen LogP contribution in [0, 0.1) is 0 Å². The van der Waals surface area contributed by atoms with Crippen molar-refractivity contribution in [3.8, 4) is 16.5 Å². The van der Waals surface area contributed by atoms with Crippen LogP contribution in [0.1, 0.15) is 25.8 Å². The molecule has 1 unspecified atom stereocenters. The van der Waals surface area contributed by atoms with Gasteiger partial charge >= 0.3 is 0 Å². The minimum Gasteiger partial charge on any atom is -0.495 e. The van der Waals surface area contributed by atoms with Gasteiger partial charge in [-0.3, -0.25) is 4.79 Å². The first-order chi connectivity index (χ1) is 12.1. The number of amides is 1. The first kappa shape index (κ1) is 17.0. The molecule has 7 nitrogen and oxygen atoms in total. The molecule has 0 saturated heterocycles. The largest absolute Gasteiger partial charge is 0.495 e. The van der Waals surface area contributed by atoms with E-state index in [4.69, 9.17) is 9.15 Å². The average Bonchev–Trinajstić information content (AvgIpc) is 3.26. The highest BCUT2D eigenvalue weighted by Gasteiger charge is 2.17. The highest BCUT2D eigenvalue weighted by molar-refractivity contribution is 7.13. The minimum absolute atomic E-state index is 0.137. The van der Waals surface area contributed by atoms with Crippen LogP contribution >= 0.6 is 11.3 Å². The van der Waals surface area contributed by atoms with Gasteiger partial charge in [0.1, 0.15) is 11.8 Å². The molecular weight excluding hydrogens is 340 g/mol. The second kappa shape index (κ2) is 7.35. The molecule has 2 heterocycles. The first-order valence-electron chi connectivity index (χ1n) is 7.66. The summed E-state index contributed by atoms with van der Waals surface area (Å²) in [6.45, 7) is 3.38. The van der Waals surface area contributed by atoms with Crippen LogP contribution < -0.4 is 15.4 Å². The van der Waals surface area contributed by atoms with Gasteiger partial charge in [0.25, 0.3) is 5.89 Å². The van der Waals surface area contributed by atoms with Gasteiger partial charge in [-0.15, -0.1) is 21.5 Å². The van der Waals surface area contributed by atoms with E-state index in [2.05, 4.69) is 20.8 Å². The van der Waals surface area contributed by atoms with E-state index in [1.165, 1.54) is 6.92 Å². The lowest BCUT2D eigenvalue weighted by atomic mass is 10.2. The average molecular weight is 358 g/mol. The Morgan fingerprint density at radius 3 is 2.84 bits per heavy atom. The summed E-state index contributed by atoms with van der Waals surface area (Å²) >= 11 is 1.54. The number of methoxy groups -OCH3 is 1. The number of nitrogens with zero attached hydrogens (tertiary/aromatic N) is 2. The van der Waals surface area contributed by atoms with Crippen molar-refractivity contribution in [3.63, 3.8) is 0 Å². The first-order valence-corrected chi connectivity index (χ1v) is 8.54. The van der Waals surface area contributed by atoms with Gasteiger partial charge in [-0.25, -0.2) is 0 Å². The highest BCUT2D eigenvalue weighted by Crippen LogP contribution is 2.32. The maximum absolute atomic E-state index is 11.2. The van der Waals surface area contributed by atoms with Crippen LogP contribution in [0.25, 0.3) is 10.8 Å². The number of rotatable bonds is 6. The molecule has 0 bridgehead atoms. The van der Waals surface area contributed by atoms with Crippen LogP contribution in [0.3, 0.4) is 0 Å². The molecule has 3 aromatic rings. The van der Waals surface area contributed by atoms with E-state index in [1.54, 1.807) is 36.6 Å². The van der Waals surface area contributed by atoms with Gasteiger partial charge in [0, 0.05) is 12.6 Å². The Labute approximate surface area is 149 Å². The quantitative estimate of drug-likeness (QED) is 0.694. The van der Waals surface area contributed by atoms with E-state index in [0.717, 1.165) is 10.6 Å². The van der Waals surface area contributed by atoms with Crippen molar-refractivity contribution in [2.45, 2.75) is 19.9 Å². The number of ether oxygens (including phenoxy) is 1. The lowest BCUT2D eigenvalue weighted by Gasteiger charge is -2.16. The van der Waals surface area contributed by atoms with Crippen molar-refractivity contribution >= 4 is 28.6 Å². The van der Waals surface area contributed by atoms with Crippen LogP contribution in [-0.2, 0) is 4.79 Å². The van der Waals surface area contributed by atoms with Crippen molar-refractivity contribution in [2.24, 2.45) is 0 Å². The molecule has 1 aromatic carbocycles. The molecule has 0 saturated carbocycles.